The molecule has 2 heteroatoms. The molecule has 0 fully saturated rings. The third-order valence-corrected chi connectivity index (χ3v) is 9.22. The Hall–Kier alpha value is -2.80. The molecule has 2 aromatic heterocycles. The molecule has 30 heavy (non-hydrogen) atoms. The number of fused-ring (bicyclic) bond motifs is 6. The van der Waals surface area contributed by atoms with E-state index in [9.17, 15) is 0 Å². The molecule has 0 atom stereocenters. The van der Waals surface area contributed by atoms with Crippen LogP contribution in [0.25, 0.3) is 35.8 Å². The molecule has 1 nitrogen and oxygen atoms in total. The summed E-state index contributed by atoms with van der Waals surface area (Å²) in [5.41, 5.74) is 9.12. The Labute approximate surface area is 182 Å². The van der Waals surface area contributed by atoms with Gasteiger partial charge in [-0.25, -0.2) is 0 Å². The normalized spacial score (nSPS) is 15.4. The van der Waals surface area contributed by atoms with Crippen LogP contribution in [0, 0.1) is 6.92 Å². The van der Waals surface area contributed by atoms with Crippen LogP contribution in [0.3, 0.4) is 0 Å². The maximum absolute atomic E-state index is 4.20. The average Bonchev–Trinajstić information content (AvgIpc) is 3.36. The molecule has 5 aromatic rings. The Morgan fingerprint density at radius 2 is 1.67 bits per heavy atom. The standard InChI is InChI=1S/C28H23NSe/c1-5-20-24(18-10-6-8-12-21(18)28(20,3)4)26-16(2)17-14-15-23-25(27(17)29-26)19-11-7-9-13-22(19)30-23/h5-15,29H,1H2,2-4H3. The van der Waals surface area contributed by atoms with E-state index >= 15 is 0 Å². The Bertz CT molecular complexity index is 1540. The molecule has 0 unspecified atom stereocenters. The number of aromatic nitrogens is 1. The molecule has 1 aliphatic rings. The summed E-state index contributed by atoms with van der Waals surface area (Å²) in [5.74, 6) is 0. The van der Waals surface area contributed by atoms with Crippen molar-refractivity contribution in [1.29, 1.82) is 0 Å². The van der Waals surface area contributed by atoms with E-state index in [1.54, 1.807) is 0 Å². The first-order chi connectivity index (χ1) is 14.5. The number of hydrogen-bond donors (Lipinski definition) is 1. The van der Waals surface area contributed by atoms with Crippen molar-refractivity contribution in [1.82, 2.24) is 4.98 Å². The molecule has 1 aliphatic carbocycles. The zero-order chi connectivity index (χ0) is 20.6. The predicted octanol–water partition coefficient (Wildman–Crippen LogP) is 7.12. The van der Waals surface area contributed by atoms with E-state index in [1.807, 2.05) is 0 Å². The number of hydrogen-bond acceptors (Lipinski definition) is 0. The fourth-order valence-corrected chi connectivity index (χ4v) is 7.67. The van der Waals surface area contributed by atoms with Crippen molar-refractivity contribution in [2.24, 2.45) is 0 Å². The fourth-order valence-electron chi connectivity index (χ4n) is 5.34. The SMILES string of the molecule is C=CC1=C(c2[nH]c3c(ccc4[se]c5ccccc5c43)c2C)c2ccccc2C1(C)C. The molecule has 3 aromatic carbocycles. The van der Waals surface area contributed by atoms with Gasteiger partial charge in [-0.1, -0.05) is 0 Å². The number of aryl methyl sites for hydroxylation is 1. The molecule has 0 saturated heterocycles. The van der Waals surface area contributed by atoms with E-state index in [4.69, 9.17) is 0 Å². The predicted molar refractivity (Wildman–Crippen MR) is 131 cm³/mol. The average molecular weight is 452 g/mol. The molecule has 0 bridgehead atoms. The quantitative estimate of drug-likeness (QED) is 0.275. The first kappa shape index (κ1) is 18.0. The van der Waals surface area contributed by atoms with Crippen LogP contribution in [-0.4, -0.2) is 19.5 Å². The maximum atomic E-state index is 4.20. The van der Waals surface area contributed by atoms with Gasteiger partial charge in [-0.3, -0.25) is 0 Å². The molecule has 2 heterocycles. The first-order valence-electron chi connectivity index (χ1n) is 10.4. The second-order valence-corrected chi connectivity index (χ2v) is 11.0. The van der Waals surface area contributed by atoms with Gasteiger partial charge in [0.05, 0.1) is 0 Å². The van der Waals surface area contributed by atoms with Crippen LogP contribution in [0.15, 0.2) is 78.9 Å². The van der Waals surface area contributed by atoms with Crippen molar-refractivity contribution in [3.63, 3.8) is 0 Å². The molecule has 0 radical (unpaired) electrons. The minimum absolute atomic E-state index is 0.0466. The van der Waals surface area contributed by atoms with Gasteiger partial charge in [0, 0.05) is 0 Å². The molecule has 1 N–H and O–H groups in total. The fraction of sp³-hybridized carbons (Fsp3) is 0.143. The minimum atomic E-state index is -0.0466. The summed E-state index contributed by atoms with van der Waals surface area (Å²) in [6.07, 6.45) is 2.06. The van der Waals surface area contributed by atoms with Gasteiger partial charge in [0.15, 0.2) is 0 Å². The van der Waals surface area contributed by atoms with Gasteiger partial charge in [0.2, 0.25) is 0 Å². The second-order valence-electron chi connectivity index (χ2n) is 8.75. The van der Waals surface area contributed by atoms with Crippen LogP contribution in [0.1, 0.15) is 36.2 Å². The molecular formula is C28H23NSe. The van der Waals surface area contributed by atoms with Gasteiger partial charge >= 0.3 is 183 Å². The van der Waals surface area contributed by atoms with Gasteiger partial charge in [-0.15, -0.1) is 0 Å². The number of rotatable bonds is 2. The third-order valence-electron chi connectivity index (χ3n) is 6.84. The first-order valence-corrected chi connectivity index (χ1v) is 12.1. The number of H-pyrrole nitrogens is 1. The number of benzene rings is 3. The Balaban J connectivity index is 1.74. The van der Waals surface area contributed by atoms with Gasteiger partial charge in [-0.2, -0.15) is 0 Å². The topological polar surface area (TPSA) is 15.8 Å². The van der Waals surface area contributed by atoms with Crippen LogP contribution in [0.4, 0.5) is 0 Å². The summed E-state index contributed by atoms with van der Waals surface area (Å²) in [7, 11) is 0. The van der Waals surface area contributed by atoms with Crippen LogP contribution in [0.2, 0.25) is 0 Å². The summed E-state index contributed by atoms with van der Waals surface area (Å²) in [5, 5.41) is 4.13. The van der Waals surface area contributed by atoms with Crippen molar-refractivity contribution >= 4 is 50.3 Å². The molecule has 0 saturated carbocycles. The summed E-state index contributed by atoms with van der Waals surface area (Å²) in [6.45, 7) is 11.1. The van der Waals surface area contributed by atoms with Gasteiger partial charge in [0.1, 0.15) is 0 Å². The summed E-state index contributed by atoms with van der Waals surface area (Å²) in [4.78, 5) is 3.89. The van der Waals surface area contributed by atoms with Gasteiger partial charge in [0.25, 0.3) is 0 Å². The van der Waals surface area contributed by atoms with Crippen LogP contribution >= 0.6 is 0 Å². The van der Waals surface area contributed by atoms with E-state index in [0.29, 0.717) is 14.5 Å². The molecule has 0 amide bonds. The van der Waals surface area contributed by atoms with Crippen LogP contribution < -0.4 is 0 Å². The van der Waals surface area contributed by atoms with Crippen LogP contribution in [0.5, 0.6) is 0 Å². The van der Waals surface area contributed by atoms with E-state index in [2.05, 4.69) is 99.1 Å². The molecule has 6 rings (SSSR count). The molecule has 0 spiro atoms. The van der Waals surface area contributed by atoms with Crippen molar-refractivity contribution in [2.45, 2.75) is 26.2 Å². The van der Waals surface area contributed by atoms with Crippen molar-refractivity contribution in [3.05, 3.63) is 101 Å². The molecule has 146 valence electrons. The Morgan fingerprint density at radius 1 is 0.900 bits per heavy atom. The Kier molecular flexibility index (Phi) is 3.66. The summed E-state index contributed by atoms with van der Waals surface area (Å²) < 4.78 is 2.97. The van der Waals surface area contributed by atoms with Crippen molar-refractivity contribution in [2.75, 3.05) is 0 Å². The molecular weight excluding hydrogens is 429 g/mol. The summed E-state index contributed by atoms with van der Waals surface area (Å²) in [6, 6.07) is 22.4. The summed E-state index contributed by atoms with van der Waals surface area (Å²) >= 11 is 0.382. The Morgan fingerprint density at radius 3 is 2.50 bits per heavy atom. The molecule has 0 aliphatic heterocycles. The zero-order valence-electron chi connectivity index (χ0n) is 17.5. The van der Waals surface area contributed by atoms with E-state index < -0.39 is 0 Å². The van der Waals surface area contributed by atoms with Gasteiger partial charge < -0.3 is 0 Å². The van der Waals surface area contributed by atoms with Gasteiger partial charge in [-0.05, 0) is 0 Å². The van der Waals surface area contributed by atoms with E-state index in [0.717, 1.165) is 0 Å². The van der Waals surface area contributed by atoms with Crippen molar-refractivity contribution in [3.8, 4) is 0 Å². The zero-order valence-corrected chi connectivity index (χ0v) is 19.2. The number of allylic oxidation sites excluding steroid dienone is 2. The number of nitrogens with one attached hydrogen (secondary N) is 1. The van der Waals surface area contributed by atoms with Crippen molar-refractivity contribution < 1.29 is 0 Å². The second kappa shape index (κ2) is 6.11. The van der Waals surface area contributed by atoms with E-state index in [-0.39, 0.29) is 5.41 Å². The number of aromatic amines is 1. The third kappa shape index (κ3) is 2.18. The van der Waals surface area contributed by atoms with Crippen LogP contribution in [-0.2, 0) is 5.41 Å². The monoisotopic (exact) mass is 453 g/mol. The van der Waals surface area contributed by atoms with E-state index in [1.165, 1.54) is 63.7 Å².